The summed E-state index contributed by atoms with van der Waals surface area (Å²) in [5.41, 5.74) is 3.28. The lowest BCUT2D eigenvalue weighted by atomic mass is 10.1. The molecule has 1 saturated heterocycles. The number of carbonyl (C=O) groups excluding carboxylic acids is 1. The van der Waals surface area contributed by atoms with Crippen LogP contribution in [0, 0.1) is 6.92 Å². The quantitative estimate of drug-likeness (QED) is 0.616. The summed E-state index contributed by atoms with van der Waals surface area (Å²) in [6, 6.07) is 18.0. The lowest BCUT2D eigenvalue weighted by Gasteiger charge is -2.14. The summed E-state index contributed by atoms with van der Waals surface area (Å²) in [5.74, 6) is -0.0136. The van der Waals surface area contributed by atoms with Crippen LogP contribution in [0.25, 0.3) is 6.08 Å². The van der Waals surface area contributed by atoms with Crippen molar-refractivity contribution in [3.05, 3.63) is 76.2 Å². The first kappa shape index (κ1) is 15.0. The van der Waals surface area contributed by atoms with E-state index < -0.39 is 0 Å². The first-order valence-corrected chi connectivity index (χ1v) is 8.22. The maximum atomic E-state index is 12.6. The van der Waals surface area contributed by atoms with Crippen LogP contribution in [0.1, 0.15) is 16.7 Å². The second-order valence-corrected chi connectivity index (χ2v) is 6.84. The Hall–Kier alpha value is -1.91. The van der Waals surface area contributed by atoms with Crippen LogP contribution in [0.15, 0.2) is 59.5 Å². The predicted octanol–water partition coefficient (Wildman–Crippen LogP) is 4.40. The molecule has 0 bridgehead atoms. The maximum absolute atomic E-state index is 12.6. The average molecular weight is 325 g/mol. The zero-order valence-electron chi connectivity index (χ0n) is 12.2. The number of aryl methyl sites for hydroxylation is 1. The van der Waals surface area contributed by atoms with Gasteiger partial charge in [-0.2, -0.15) is 0 Å². The highest BCUT2D eigenvalue weighted by molar-refractivity contribution is 8.26. The molecule has 4 heteroatoms. The van der Waals surface area contributed by atoms with E-state index in [1.807, 2.05) is 61.5 Å². The Morgan fingerprint density at radius 3 is 2.64 bits per heavy atom. The van der Waals surface area contributed by atoms with E-state index in [2.05, 4.69) is 6.07 Å². The number of hydrogen-bond acceptors (Lipinski definition) is 3. The Bertz CT molecular complexity index is 753. The van der Waals surface area contributed by atoms with Gasteiger partial charge >= 0.3 is 0 Å². The number of rotatable bonds is 3. The fourth-order valence-electron chi connectivity index (χ4n) is 2.31. The first-order chi connectivity index (χ1) is 10.6. The molecule has 2 aromatic carbocycles. The molecule has 0 aromatic heterocycles. The van der Waals surface area contributed by atoms with Gasteiger partial charge in [-0.1, -0.05) is 84.1 Å². The fraction of sp³-hybridized carbons (Fsp3) is 0.111. The van der Waals surface area contributed by atoms with Crippen molar-refractivity contribution >= 4 is 40.3 Å². The second-order valence-electron chi connectivity index (χ2n) is 5.17. The Morgan fingerprint density at radius 1 is 1.14 bits per heavy atom. The predicted molar refractivity (Wildman–Crippen MR) is 96.3 cm³/mol. The summed E-state index contributed by atoms with van der Waals surface area (Å²) in [4.78, 5) is 14.9. The third-order valence-electron chi connectivity index (χ3n) is 3.40. The summed E-state index contributed by atoms with van der Waals surface area (Å²) in [6.45, 7) is 2.56. The molecular formula is C18H15NOS2. The summed E-state index contributed by atoms with van der Waals surface area (Å²) in [7, 11) is 0. The Morgan fingerprint density at radius 2 is 1.91 bits per heavy atom. The molecule has 0 aliphatic carbocycles. The van der Waals surface area contributed by atoms with Crippen LogP contribution in [-0.4, -0.2) is 15.1 Å². The van der Waals surface area contributed by atoms with Gasteiger partial charge in [0.25, 0.3) is 5.91 Å². The van der Waals surface area contributed by atoms with E-state index in [9.17, 15) is 4.79 Å². The topological polar surface area (TPSA) is 20.3 Å². The summed E-state index contributed by atoms with van der Waals surface area (Å²) < 4.78 is 0.618. The van der Waals surface area contributed by atoms with Crippen LogP contribution >= 0.6 is 24.0 Å². The molecule has 0 N–H and O–H groups in total. The Labute approximate surface area is 139 Å². The molecule has 0 atom stereocenters. The van der Waals surface area contributed by atoms with E-state index in [1.54, 1.807) is 4.90 Å². The van der Waals surface area contributed by atoms with E-state index >= 15 is 0 Å². The molecule has 1 aliphatic heterocycles. The van der Waals surface area contributed by atoms with Crippen molar-refractivity contribution < 1.29 is 4.79 Å². The van der Waals surface area contributed by atoms with E-state index in [-0.39, 0.29) is 5.91 Å². The summed E-state index contributed by atoms with van der Waals surface area (Å²) in [6.07, 6.45) is 1.91. The van der Waals surface area contributed by atoms with Gasteiger partial charge in [-0.15, -0.1) is 0 Å². The molecule has 1 amide bonds. The standard InChI is InChI=1S/C18H15NOS2/c1-13-6-5-9-15(10-13)11-16-17(20)19(18(21)22-16)12-14-7-3-2-4-8-14/h2-11H,12H2,1H3/b16-11+. The number of thiocarbonyl (C=S) groups is 1. The number of hydrogen-bond donors (Lipinski definition) is 0. The Balaban J connectivity index is 1.82. The van der Waals surface area contributed by atoms with Gasteiger partial charge in [-0.3, -0.25) is 9.69 Å². The van der Waals surface area contributed by atoms with Crippen LogP contribution in [0.3, 0.4) is 0 Å². The van der Waals surface area contributed by atoms with Crippen LogP contribution in [0.5, 0.6) is 0 Å². The third-order valence-corrected chi connectivity index (χ3v) is 4.77. The van der Waals surface area contributed by atoms with Crippen LogP contribution in [-0.2, 0) is 11.3 Å². The molecule has 3 rings (SSSR count). The molecule has 1 heterocycles. The van der Waals surface area contributed by atoms with Crippen molar-refractivity contribution in [2.24, 2.45) is 0 Å². The van der Waals surface area contributed by atoms with Crippen molar-refractivity contribution in [2.75, 3.05) is 0 Å². The minimum atomic E-state index is -0.0136. The minimum absolute atomic E-state index is 0.0136. The minimum Gasteiger partial charge on any atom is -0.288 e. The molecule has 1 fully saturated rings. The third kappa shape index (κ3) is 3.29. The van der Waals surface area contributed by atoms with Crippen molar-refractivity contribution in [3.63, 3.8) is 0 Å². The molecule has 110 valence electrons. The molecule has 0 saturated carbocycles. The van der Waals surface area contributed by atoms with Crippen LogP contribution in [0.4, 0.5) is 0 Å². The van der Waals surface area contributed by atoms with Gasteiger partial charge in [-0.25, -0.2) is 0 Å². The molecular weight excluding hydrogens is 310 g/mol. The molecule has 2 aromatic rings. The zero-order chi connectivity index (χ0) is 15.5. The lowest BCUT2D eigenvalue weighted by Crippen LogP contribution is -2.27. The van der Waals surface area contributed by atoms with Gasteiger partial charge in [0.15, 0.2) is 0 Å². The summed E-state index contributed by atoms with van der Waals surface area (Å²) in [5, 5.41) is 0. The molecule has 0 radical (unpaired) electrons. The van der Waals surface area contributed by atoms with E-state index in [1.165, 1.54) is 17.3 Å². The van der Waals surface area contributed by atoms with Crippen LogP contribution in [0.2, 0.25) is 0 Å². The van der Waals surface area contributed by atoms with E-state index in [4.69, 9.17) is 12.2 Å². The molecule has 0 spiro atoms. The number of thioether (sulfide) groups is 1. The van der Waals surface area contributed by atoms with Gasteiger partial charge in [0.05, 0.1) is 11.4 Å². The van der Waals surface area contributed by atoms with Crippen molar-refractivity contribution in [3.8, 4) is 0 Å². The SMILES string of the molecule is Cc1cccc(/C=C2/SC(=S)N(Cc3ccccc3)C2=O)c1. The molecule has 22 heavy (non-hydrogen) atoms. The monoisotopic (exact) mass is 325 g/mol. The number of benzene rings is 2. The van der Waals surface area contributed by atoms with Crippen molar-refractivity contribution in [1.29, 1.82) is 0 Å². The number of carbonyl (C=O) groups is 1. The van der Waals surface area contributed by atoms with Gasteiger partial charge in [-0.05, 0) is 24.1 Å². The first-order valence-electron chi connectivity index (χ1n) is 6.99. The lowest BCUT2D eigenvalue weighted by molar-refractivity contribution is -0.122. The highest BCUT2D eigenvalue weighted by Gasteiger charge is 2.31. The number of nitrogens with zero attached hydrogens (tertiary/aromatic N) is 1. The largest absolute Gasteiger partial charge is 0.288 e. The van der Waals surface area contributed by atoms with Crippen molar-refractivity contribution in [2.45, 2.75) is 13.5 Å². The number of amides is 1. The molecule has 1 aliphatic rings. The van der Waals surface area contributed by atoms with Crippen molar-refractivity contribution in [1.82, 2.24) is 4.90 Å². The van der Waals surface area contributed by atoms with Gasteiger partial charge in [0, 0.05) is 0 Å². The van der Waals surface area contributed by atoms with E-state index in [0.29, 0.717) is 15.8 Å². The second kappa shape index (κ2) is 6.46. The smallest absolute Gasteiger partial charge is 0.266 e. The van der Waals surface area contributed by atoms with E-state index in [0.717, 1.165) is 11.1 Å². The molecule has 0 unspecified atom stereocenters. The van der Waals surface area contributed by atoms with Crippen LogP contribution < -0.4 is 0 Å². The summed E-state index contributed by atoms with van der Waals surface area (Å²) >= 11 is 6.73. The van der Waals surface area contributed by atoms with Gasteiger partial charge in [0.2, 0.25) is 0 Å². The van der Waals surface area contributed by atoms with Gasteiger partial charge < -0.3 is 0 Å². The normalized spacial score (nSPS) is 16.6. The zero-order valence-corrected chi connectivity index (χ0v) is 13.8. The highest BCUT2D eigenvalue weighted by atomic mass is 32.2. The fourth-order valence-corrected chi connectivity index (χ4v) is 3.57. The van der Waals surface area contributed by atoms with Gasteiger partial charge in [0.1, 0.15) is 4.32 Å². The average Bonchev–Trinajstić information content (AvgIpc) is 2.76. The molecule has 2 nitrogen and oxygen atoms in total. The Kier molecular flexibility index (Phi) is 4.41. The highest BCUT2D eigenvalue weighted by Crippen LogP contribution is 2.33. The maximum Gasteiger partial charge on any atom is 0.266 e.